The number of aromatic nitrogens is 1. The summed E-state index contributed by atoms with van der Waals surface area (Å²) in [5, 5.41) is 0. The van der Waals surface area contributed by atoms with Crippen LogP contribution in [-0.2, 0) is 0 Å². The summed E-state index contributed by atoms with van der Waals surface area (Å²) >= 11 is 3.44. The lowest BCUT2D eigenvalue weighted by Gasteiger charge is -2.15. The molecule has 1 atom stereocenters. The fraction of sp³-hybridized carbons (Fsp3) is 0.333. The molecule has 2 rings (SSSR count). The fourth-order valence-corrected chi connectivity index (χ4v) is 3.26. The number of carbonyl (C=O) groups is 2. The van der Waals surface area contributed by atoms with E-state index in [1.165, 1.54) is 6.92 Å². The van der Waals surface area contributed by atoms with Crippen LogP contribution in [0.2, 0.25) is 0 Å². The molecule has 0 saturated carbocycles. The Morgan fingerprint density at radius 3 is 2.39 bits per heavy atom. The molecule has 0 spiro atoms. The van der Waals surface area contributed by atoms with Crippen LogP contribution in [0.3, 0.4) is 0 Å². The van der Waals surface area contributed by atoms with E-state index in [2.05, 4.69) is 20.9 Å². The van der Waals surface area contributed by atoms with Gasteiger partial charge in [0.05, 0.1) is 10.2 Å². The highest BCUT2D eigenvalue weighted by molar-refractivity contribution is 9.10. The van der Waals surface area contributed by atoms with Gasteiger partial charge >= 0.3 is 0 Å². The summed E-state index contributed by atoms with van der Waals surface area (Å²) in [7, 11) is 0. The average Bonchev–Trinajstić information content (AvgIpc) is 2.76. The Balaban J connectivity index is 2.27. The topological polar surface area (TPSA) is 59.2 Å². The first-order chi connectivity index (χ1) is 10.7. The van der Waals surface area contributed by atoms with Crippen LogP contribution in [0, 0.1) is 20.8 Å². The summed E-state index contributed by atoms with van der Waals surface area (Å²) < 4.78 is 6.59. The van der Waals surface area contributed by atoms with E-state index in [0.29, 0.717) is 28.3 Å². The molecule has 2 aromatic rings. The van der Waals surface area contributed by atoms with Crippen LogP contribution in [0.1, 0.15) is 51.5 Å². The van der Waals surface area contributed by atoms with Crippen LogP contribution in [0.25, 0.3) is 0 Å². The summed E-state index contributed by atoms with van der Waals surface area (Å²) in [4.78, 5) is 27.4. The largest absolute Gasteiger partial charge is 0.481 e. The van der Waals surface area contributed by atoms with Crippen molar-refractivity contribution in [3.63, 3.8) is 0 Å². The number of aromatic amines is 1. The summed E-state index contributed by atoms with van der Waals surface area (Å²) in [6, 6.07) is 5.69. The normalized spacial score (nSPS) is 12.1. The minimum Gasteiger partial charge on any atom is -0.481 e. The van der Waals surface area contributed by atoms with E-state index in [1.54, 1.807) is 20.8 Å². The van der Waals surface area contributed by atoms with E-state index in [4.69, 9.17) is 4.74 Å². The number of halogens is 1. The molecule has 0 aliphatic heterocycles. The number of carbonyl (C=O) groups excluding carboxylic acids is 2. The van der Waals surface area contributed by atoms with Crippen molar-refractivity contribution < 1.29 is 14.3 Å². The van der Waals surface area contributed by atoms with Gasteiger partial charge in [-0.25, -0.2) is 0 Å². The van der Waals surface area contributed by atoms with E-state index in [9.17, 15) is 9.59 Å². The van der Waals surface area contributed by atoms with Crippen molar-refractivity contribution >= 4 is 27.5 Å². The van der Waals surface area contributed by atoms with Gasteiger partial charge in [-0.1, -0.05) is 6.07 Å². The van der Waals surface area contributed by atoms with Gasteiger partial charge in [-0.15, -0.1) is 0 Å². The standard InChI is InChI=1S/C18H20BrNO3/c1-9-6-7-15(14(19)8-9)23-13(5)18(22)17-10(2)16(12(4)21)11(3)20-17/h6-8,13,20H,1-5H3/t13-/m1/s1. The van der Waals surface area contributed by atoms with Gasteiger partial charge in [0.2, 0.25) is 5.78 Å². The number of ketones is 2. The maximum absolute atomic E-state index is 12.7. The van der Waals surface area contributed by atoms with Gasteiger partial charge in [-0.05, 0) is 73.8 Å². The Kier molecular flexibility index (Phi) is 5.09. The Hall–Kier alpha value is -1.88. The molecular weight excluding hydrogens is 358 g/mol. The zero-order valence-electron chi connectivity index (χ0n) is 13.9. The van der Waals surface area contributed by atoms with Crippen molar-refractivity contribution in [3.05, 3.63) is 50.8 Å². The van der Waals surface area contributed by atoms with E-state index in [-0.39, 0.29) is 11.6 Å². The van der Waals surface area contributed by atoms with Gasteiger partial charge in [0.15, 0.2) is 11.9 Å². The lowest BCUT2D eigenvalue weighted by atomic mass is 10.0. The van der Waals surface area contributed by atoms with Crippen molar-refractivity contribution in [3.8, 4) is 5.75 Å². The number of hydrogen-bond donors (Lipinski definition) is 1. The molecule has 5 heteroatoms. The van der Waals surface area contributed by atoms with Crippen molar-refractivity contribution in [1.29, 1.82) is 0 Å². The lowest BCUT2D eigenvalue weighted by molar-refractivity contribution is 0.0811. The van der Waals surface area contributed by atoms with Crippen molar-refractivity contribution in [2.45, 2.75) is 40.7 Å². The second kappa shape index (κ2) is 6.71. The first-order valence-corrected chi connectivity index (χ1v) is 8.18. The molecule has 1 aromatic carbocycles. The van der Waals surface area contributed by atoms with Gasteiger partial charge < -0.3 is 9.72 Å². The van der Waals surface area contributed by atoms with E-state index < -0.39 is 6.10 Å². The molecule has 1 aromatic heterocycles. The maximum Gasteiger partial charge on any atom is 0.219 e. The van der Waals surface area contributed by atoms with Crippen LogP contribution in [0.15, 0.2) is 22.7 Å². The third-order valence-corrected chi connectivity index (χ3v) is 4.42. The molecule has 0 bridgehead atoms. The summed E-state index contributed by atoms with van der Waals surface area (Å²) in [5.74, 6) is 0.389. The summed E-state index contributed by atoms with van der Waals surface area (Å²) in [6.07, 6.45) is -0.662. The first-order valence-electron chi connectivity index (χ1n) is 7.39. The van der Waals surface area contributed by atoms with Crippen molar-refractivity contribution in [2.24, 2.45) is 0 Å². The van der Waals surface area contributed by atoms with Gasteiger partial charge in [0.25, 0.3) is 0 Å². The molecule has 0 amide bonds. The second-order valence-electron chi connectivity index (χ2n) is 5.74. The van der Waals surface area contributed by atoms with Gasteiger partial charge in [-0.2, -0.15) is 0 Å². The van der Waals surface area contributed by atoms with Crippen LogP contribution >= 0.6 is 15.9 Å². The Morgan fingerprint density at radius 1 is 1.22 bits per heavy atom. The molecule has 0 aliphatic rings. The molecule has 0 radical (unpaired) electrons. The highest BCUT2D eigenvalue weighted by Crippen LogP contribution is 2.28. The Labute approximate surface area is 144 Å². The predicted molar refractivity (Wildman–Crippen MR) is 93.6 cm³/mol. The number of hydrogen-bond acceptors (Lipinski definition) is 3. The summed E-state index contributed by atoms with van der Waals surface area (Å²) in [6.45, 7) is 8.76. The van der Waals surface area contributed by atoms with Crippen LogP contribution in [-0.4, -0.2) is 22.7 Å². The lowest BCUT2D eigenvalue weighted by Crippen LogP contribution is -2.25. The highest BCUT2D eigenvalue weighted by atomic mass is 79.9. The average molecular weight is 378 g/mol. The van der Waals surface area contributed by atoms with Crippen LogP contribution in [0.5, 0.6) is 5.75 Å². The maximum atomic E-state index is 12.7. The number of ether oxygens (including phenoxy) is 1. The van der Waals surface area contributed by atoms with Gasteiger partial charge in [0, 0.05) is 11.3 Å². The third kappa shape index (κ3) is 3.55. The van der Waals surface area contributed by atoms with Crippen LogP contribution < -0.4 is 4.74 Å². The van der Waals surface area contributed by atoms with Crippen molar-refractivity contribution in [2.75, 3.05) is 0 Å². The number of Topliss-reactive ketones (excluding diaryl/α,β-unsaturated/α-hetero) is 2. The Bertz CT molecular complexity index is 777. The minimum absolute atomic E-state index is 0.0508. The third-order valence-electron chi connectivity index (χ3n) is 3.80. The zero-order valence-corrected chi connectivity index (χ0v) is 15.5. The number of aryl methyl sites for hydroxylation is 2. The molecule has 4 nitrogen and oxygen atoms in total. The molecule has 1 heterocycles. The zero-order chi connectivity index (χ0) is 17.3. The Morgan fingerprint density at radius 2 is 1.87 bits per heavy atom. The smallest absolute Gasteiger partial charge is 0.219 e. The fourth-order valence-electron chi connectivity index (χ4n) is 2.67. The number of rotatable bonds is 5. The minimum atomic E-state index is -0.662. The predicted octanol–water partition coefficient (Wildman–Crippen LogP) is 4.56. The van der Waals surface area contributed by atoms with Crippen molar-refractivity contribution in [1.82, 2.24) is 4.98 Å². The van der Waals surface area contributed by atoms with Gasteiger partial charge in [-0.3, -0.25) is 9.59 Å². The quantitative estimate of drug-likeness (QED) is 0.777. The number of benzene rings is 1. The molecule has 23 heavy (non-hydrogen) atoms. The molecule has 0 saturated heterocycles. The molecule has 122 valence electrons. The molecule has 0 fully saturated rings. The van der Waals surface area contributed by atoms with E-state index in [1.807, 2.05) is 25.1 Å². The highest BCUT2D eigenvalue weighted by Gasteiger charge is 2.25. The SMILES string of the molecule is CC(=O)c1c(C)[nH]c(C(=O)[C@@H](C)Oc2ccc(C)cc2Br)c1C. The molecule has 0 aliphatic carbocycles. The first kappa shape index (κ1) is 17.5. The van der Waals surface area contributed by atoms with E-state index in [0.717, 1.165) is 10.0 Å². The summed E-state index contributed by atoms with van der Waals surface area (Å²) in [5.41, 5.74) is 3.51. The van der Waals surface area contributed by atoms with E-state index >= 15 is 0 Å². The number of nitrogens with one attached hydrogen (secondary N) is 1. The van der Waals surface area contributed by atoms with Gasteiger partial charge in [0.1, 0.15) is 5.75 Å². The van der Waals surface area contributed by atoms with Crippen LogP contribution in [0.4, 0.5) is 0 Å². The monoisotopic (exact) mass is 377 g/mol. The second-order valence-corrected chi connectivity index (χ2v) is 6.59. The number of H-pyrrole nitrogens is 1. The molecule has 0 unspecified atom stereocenters. The molecular formula is C18H20BrNO3. The molecule has 1 N–H and O–H groups in total.